The lowest BCUT2D eigenvalue weighted by Crippen LogP contribution is -2.05. The minimum atomic E-state index is -4.29. The lowest BCUT2D eigenvalue weighted by molar-refractivity contribution is -0.137. The van der Waals surface area contributed by atoms with Crippen molar-refractivity contribution >= 4 is 6.72 Å². The van der Waals surface area contributed by atoms with Crippen LogP contribution in [-0.2, 0) is 6.18 Å². The summed E-state index contributed by atoms with van der Waals surface area (Å²) in [4.78, 5) is 3.66. The fourth-order valence-electron chi connectivity index (χ4n) is 1.08. The molecule has 76 valence electrons. The normalized spacial score (nSPS) is 13.7. The summed E-state index contributed by atoms with van der Waals surface area (Å²) in [6.07, 6.45) is -4.29. The van der Waals surface area contributed by atoms with Crippen molar-refractivity contribution in [2.24, 2.45) is 4.99 Å². The lowest BCUT2D eigenvalue weighted by atomic mass is 10.1. The second kappa shape index (κ2) is 3.82. The molecule has 1 rings (SSSR count). The predicted octanol–water partition coefficient (Wildman–Crippen LogP) is 3.47. The van der Waals surface area contributed by atoms with Gasteiger partial charge in [-0.05, 0) is 31.3 Å². The fraction of sp³-hybridized carbons (Fsp3) is 0.300. The Labute approximate surface area is 80.3 Å². The quantitative estimate of drug-likeness (QED) is 0.649. The van der Waals surface area contributed by atoms with Crippen LogP contribution in [0.1, 0.15) is 24.1 Å². The number of aliphatic imine (C=N–C) groups is 1. The first-order chi connectivity index (χ1) is 6.45. The molecule has 0 fully saturated rings. The average molecular weight is 201 g/mol. The van der Waals surface area contributed by atoms with Gasteiger partial charge in [-0.15, -0.1) is 0 Å². The van der Waals surface area contributed by atoms with E-state index in [1.165, 1.54) is 6.07 Å². The van der Waals surface area contributed by atoms with Crippen LogP contribution in [0, 0.1) is 0 Å². The van der Waals surface area contributed by atoms with E-state index in [4.69, 9.17) is 0 Å². The zero-order valence-electron chi connectivity index (χ0n) is 7.67. The maximum absolute atomic E-state index is 12.3. The van der Waals surface area contributed by atoms with Gasteiger partial charge in [0.2, 0.25) is 0 Å². The van der Waals surface area contributed by atoms with E-state index in [1.807, 2.05) is 0 Å². The van der Waals surface area contributed by atoms with E-state index in [0.29, 0.717) is 5.56 Å². The molecule has 1 aromatic carbocycles. The second-order valence-electron chi connectivity index (χ2n) is 2.98. The predicted molar refractivity (Wildman–Crippen MR) is 49.4 cm³/mol. The third-order valence-corrected chi connectivity index (χ3v) is 1.97. The number of hydrogen-bond donors (Lipinski definition) is 0. The van der Waals surface area contributed by atoms with Crippen LogP contribution in [0.3, 0.4) is 0 Å². The van der Waals surface area contributed by atoms with Gasteiger partial charge in [0.15, 0.2) is 0 Å². The molecule has 1 atom stereocenters. The van der Waals surface area contributed by atoms with E-state index < -0.39 is 11.7 Å². The van der Waals surface area contributed by atoms with Crippen LogP contribution in [0.25, 0.3) is 0 Å². The Morgan fingerprint density at radius 1 is 1.36 bits per heavy atom. The molecular formula is C10H10F3N. The molecule has 14 heavy (non-hydrogen) atoms. The van der Waals surface area contributed by atoms with Gasteiger partial charge >= 0.3 is 6.18 Å². The largest absolute Gasteiger partial charge is 0.416 e. The summed E-state index contributed by atoms with van der Waals surface area (Å²) in [6, 6.07) is 4.81. The lowest BCUT2D eigenvalue weighted by Gasteiger charge is -2.10. The highest BCUT2D eigenvalue weighted by Crippen LogP contribution is 2.31. The highest BCUT2D eigenvalue weighted by molar-refractivity contribution is 5.31. The van der Waals surface area contributed by atoms with Gasteiger partial charge in [0.25, 0.3) is 0 Å². The molecule has 0 saturated carbocycles. The summed E-state index contributed by atoms with van der Waals surface area (Å²) in [7, 11) is 0. The topological polar surface area (TPSA) is 12.4 Å². The smallest absolute Gasteiger partial charge is 0.293 e. The highest BCUT2D eigenvalue weighted by Gasteiger charge is 2.30. The van der Waals surface area contributed by atoms with Crippen molar-refractivity contribution in [1.82, 2.24) is 0 Å². The monoisotopic (exact) mass is 201 g/mol. The van der Waals surface area contributed by atoms with Crippen LogP contribution >= 0.6 is 0 Å². The Morgan fingerprint density at radius 2 is 2.00 bits per heavy atom. The van der Waals surface area contributed by atoms with Gasteiger partial charge in [-0.3, -0.25) is 4.99 Å². The molecule has 1 aromatic rings. The third kappa shape index (κ3) is 2.34. The summed E-state index contributed by atoms with van der Waals surface area (Å²) in [5.74, 6) is 0. The number of alkyl halides is 3. The molecule has 0 amide bonds. The van der Waals surface area contributed by atoms with E-state index in [0.717, 1.165) is 12.1 Å². The van der Waals surface area contributed by atoms with E-state index in [1.54, 1.807) is 13.0 Å². The van der Waals surface area contributed by atoms with Crippen LogP contribution in [-0.4, -0.2) is 6.72 Å². The Kier molecular flexibility index (Phi) is 2.93. The van der Waals surface area contributed by atoms with Crippen LogP contribution in [0.15, 0.2) is 29.3 Å². The van der Waals surface area contributed by atoms with Crippen molar-refractivity contribution in [2.45, 2.75) is 19.1 Å². The molecule has 1 nitrogen and oxygen atoms in total. The molecule has 0 N–H and O–H groups in total. The van der Waals surface area contributed by atoms with E-state index in [-0.39, 0.29) is 6.04 Å². The van der Waals surface area contributed by atoms with Crippen molar-refractivity contribution in [1.29, 1.82) is 0 Å². The summed E-state index contributed by atoms with van der Waals surface area (Å²) in [6.45, 7) is 4.99. The molecule has 0 aromatic heterocycles. The second-order valence-corrected chi connectivity index (χ2v) is 2.98. The number of nitrogens with zero attached hydrogens (tertiary/aromatic N) is 1. The van der Waals surface area contributed by atoms with Crippen molar-refractivity contribution in [3.8, 4) is 0 Å². The van der Waals surface area contributed by atoms with Gasteiger partial charge in [-0.1, -0.05) is 12.1 Å². The van der Waals surface area contributed by atoms with Crippen LogP contribution in [0.2, 0.25) is 0 Å². The third-order valence-electron chi connectivity index (χ3n) is 1.97. The Balaban J connectivity index is 3.07. The van der Waals surface area contributed by atoms with Crippen molar-refractivity contribution in [2.75, 3.05) is 0 Å². The molecule has 0 aliphatic heterocycles. The molecule has 0 heterocycles. The van der Waals surface area contributed by atoms with Crippen LogP contribution in [0.4, 0.5) is 13.2 Å². The molecule has 0 bridgehead atoms. The Morgan fingerprint density at radius 3 is 2.50 bits per heavy atom. The fourth-order valence-corrected chi connectivity index (χ4v) is 1.08. The number of hydrogen-bond acceptors (Lipinski definition) is 1. The highest BCUT2D eigenvalue weighted by atomic mass is 19.4. The Hall–Kier alpha value is -1.32. The van der Waals surface area contributed by atoms with Gasteiger partial charge in [-0.25, -0.2) is 0 Å². The zero-order chi connectivity index (χ0) is 10.8. The van der Waals surface area contributed by atoms with Crippen LogP contribution in [0.5, 0.6) is 0 Å². The molecule has 0 spiro atoms. The molecule has 0 radical (unpaired) electrons. The van der Waals surface area contributed by atoms with Gasteiger partial charge in [0.05, 0.1) is 11.6 Å². The summed E-state index contributed by atoms with van der Waals surface area (Å²) in [5.41, 5.74) is -0.125. The molecular weight excluding hydrogens is 191 g/mol. The minimum Gasteiger partial charge on any atom is -0.293 e. The van der Waals surface area contributed by atoms with Crippen molar-refractivity contribution < 1.29 is 13.2 Å². The van der Waals surface area contributed by atoms with Gasteiger partial charge in [0.1, 0.15) is 0 Å². The zero-order valence-corrected chi connectivity index (χ0v) is 7.67. The summed E-state index contributed by atoms with van der Waals surface area (Å²) in [5, 5.41) is 0. The summed E-state index contributed by atoms with van der Waals surface area (Å²) < 4.78 is 36.9. The number of halogens is 3. The molecule has 0 saturated heterocycles. The minimum absolute atomic E-state index is 0.308. The first-order valence-electron chi connectivity index (χ1n) is 4.08. The van der Waals surface area contributed by atoms with E-state index in [2.05, 4.69) is 11.7 Å². The van der Waals surface area contributed by atoms with Crippen LogP contribution < -0.4 is 0 Å². The first kappa shape index (κ1) is 10.8. The first-order valence-corrected chi connectivity index (χ1v) is 4.08. The van der Waals surface area contributed by atoms with Gasteiger partial charge in [-0.2, -0.15) is 13.2 Å². The SMILES string of the molecule is C=NC(C)c1cccc(C(F)(F)F)c1. The standard InChI is InChI=1S/C10H10F3N/c1-7(14-2)8-4-3-5-9(6-8)10(11,12)13/h3-7H,2H2,1H3. The number of rotatable bonds is 2. The maximum Gasteiger partial charge on any atom is 0.416 e. The van der Waals surface area contributed by atoms with Crippen molar-refractivity contribution in [3.63, 3.8) is 0 Å². The molecule has 0 aliphatic rings. The van der Waals surface area contributed by atoms with E-state index in [9.17, 15) is 13.2 Å². The molecule has 0 aliphatic carbocycles. The average Bonchev–Trinajstić information content (AvgIpc) is 2.15. The maximum atomic E-state index is 12.3. The summed E-state index contributed by atoms with van der Waals surface area (Å²) >= 11 is 0. The molecule has 4 heteroatoms. The molecule has 1 unspecified atom stereocenters. The van der Waals surface area contributed by atoms with Gasteiger partial charge < -0.3 is 0 Å². The van der Waals surface area contributed by atoms with Crippen molar-refractivity contribution in [3.05, 3.63) is 35.4 Å². The number of benzene rings is 1. The Bertz CT molecular complexity index is 330. The van der Waals surface area contributed by atoms with Gasteiger partial charge in [0, 0.05) is 0 Å². The van der Waals surface area contributed by atoms with E-state index >= 15 is 0 Å².